The largest absolute Gasteiger partial charge is 0.493 e. The van der Waals surface area contributed by atoms with Gasteiger partial charge in [0.05, 0.1) is 45.7 Å². The maximum absolute atomic E-state index is 14.6. The number of aryl methyl sites for hydroxylation is 2. The standard InChI is InChI=1S/C61H71N7O12/c1-8-43(40-33-38(2)57(78-7)54(35-40)77-6)59(72)67-32-12-11-18-49(67)61(74)80-51(27-20-39-21-28-52(75-4)53(34-39)76-5)45-15-9-10-19-50(45)79-37-56(70)62-30-14-31-66(3)42-24-22-41(23-25-42)64-65-47-17-13-16-44-46(47)36-68(60(44)73)48-26-29-55(69)63-58(48)71/h9-10,13,15-17,19,21-25,28,33-35,43,48-49,51H,8,11-12,14,18,20,26-27,29-32,36-37H2,1-7H3,(H,62,70)(H,63,69,71)/t43-,48?,49-,51+/m0/s1. The summed E-state index contributed by atoms with van der Waals surface area (Å²) in [6.45, 7) is 5.21. The van der Waals surface area contributed by atoms with Crippen LogP contribution >= 0.6 is 0 Å². The average Bonchev–Trinajstić information content (AvgIpc) is 3.83. The first kappa shape index (κ1) is 57.7. The van der Waals surface area contributed by atoms with Crippen LogP contribution in [0.4, 0.5) is 17.1 Å². The van der Waals surface area contributed by atoms with E-state index in [1.165, 1.54) is 4.90 Å². The number of likely N-dealkylation sites (tertiary alicyclic amines) is 1. The molecule has 3 heterocycles. The van der Waals surface area contributed by atoms with Crippen LogP contribution in [-0.4, -0.2) is 119 Å². The average molecular weight is 1090 g/mol. The number of nitrogens with one attached hydrogen (secondary N) is 2. The third-order valence-corrected chi connectivity index (χ3v) is 15.0. The van der Waals surface area contributed by atoms with Crippen LogP contribution < -0.4 is 39.2 Å². The van der Waals surface area contributed by atoms with Crippen molar-refractivity contribution < 1.29 is 57.2 Å². The lowest BCUT2D eigenvalue weighted by Gasteiger charge is -2.37. The quantitative estimate of drug-likeness (QED) is 0.0256. The Balaban J connectivity index is 0.876. The zero-order valence-electron chi connectivity index (χ0n) is 46.6. The zero-order valence-corrected chi connectivity index (χ0v) is 46.6. The molecular formula is C61H71N7O12. The van der Waals surface area contributed by atoms with Crippen molar-refractivity contribution in [2.24, 2.45) is 10.2 Å². The second-order valence-electron chi connectivity index (χ2n) is 20.1. The van der Waals surface area contributed by atoms with E-state index in [9.17, 15) is 28.8 Å². The van der Waals surface area contributed by atoms with Crippen LogP contribution in [0.1, 0.15) is 108 Å². The summed E-state index contributed by atoms with van der Waals surface area (Å²) in [6, 6.07) is 27.9. The van der Waals surface area contributed by atoms with Crippen LogP contribution in [0.5, 0.6) is 28.7 Å². The van der Waals surface area contributed by atoms with Crippen molar-refractivity contribution in [1.82, 2.24) is 20.4 Å². The minimum absolute atomic E-state index is 0.157. The fraction of sp³-hybridized carbons (Fsp3) is 0.410. The highest BCUT2D eigenvalue weighted by atomic mass is 16.5. The van der Waals surface area contributed by atoms with Crippen molar-refractivity contribution in [2.75, 3.05) is 66.6 Å². The molecule has 0 bridgehead atoms. The fourth-order valence-corrected chi connectivity index (χ4v) is 10.7. The van der Waals surface area contributed by atoms with Gasteiger partial charge in [-0.15, -0.1) is 0 Å². The van der Waals surface area contributed by atoms with Gasteiger partial charge in [0.2, 0.25) is 17.7 Å². The summed E-state index contributed by atoms with van der Waals surface area (Å²) in [4.78, 5) is 85.2. The molecular weight excluding hydrogens is 1020 g/mol. The van der Waals surface area contributed by atoms with Crippen molar-refractivity contribution in [3.63, 3.8) is 0 Å². The van der Waals surface area contributed by atoms with E-state index in [1.54, 1.807) is 63.7 Å². The number of carbonyl (C=O) groups is 6. The molecule has 0 aliphatic carbocycles. The SMILES string of the molecule is CC[C@H](C(=O)N1CCCC[C@H]1C(=O)O[C@H](CCc1ccc(OC)c(OC)c1)c1ccccc1OCC(=O)NCCCN(C)c1ccc(N=Nc2cccc3c2CN(C2CCC(=O)NC2=O)C3=O)cc1)c1cc(C)c(OC)c(OC)c1. The van der Waals surface area contributed by atoms with Gasteiger partial charge in [0.25, 0.3) is 11.8 Å². The molecule has 19 nitrogen and oxygen atoms in total. The molecule has 0 radical (unpaired) electrons. The number of azo groups is 1. The molecule has 1 unspecified atom stereocenters. The number of imide groups is 1. The summed E-state index contributed by atoms with van der Waals surface area (Å²) in [6.07, 6.45) is 3.55. The van der Waals surface area contributed by atoms with Gasteiger partial charge in [-0.3, -0.25) is 29.3 Å². The van der Waals surface area contributed by atoms with Crippen LogP contribution in [-0.2, 0) is 41.7 Å². The van der Waals surface area contributed by atoms with Crippen LogP contribution in [0.3, 0.4) is 0 Å². The predicted octanol–water partition coefficient (Wildman–Crippen LogP) is 9.02. The van der Waals surface area contributed by atoms with Gasteiger partial charge < -0.3 is 48.4 Å². The molecule has 0 saturated carbocycles. The van der Waals surface area contributed by atoms with Crippen molar-refractivity contribution >= 4 is 52.6 Å². The lowest BCUT2D eigenvalue weighted by Crippen LogP contribution is -2.52. The van der Waals surface area contributed by atoms with Gasteiger partial charge in [-0.25, -0.2) is 4.79 Å². The number of piperidine rings is 2. The molecule has 422 valence electrons. The molecule has 4 atom stereocenters. The normalized spacial score (nSPS) is 16.8. The summed E-state index contributed by atoms with van der Waals surface area (Å²) in [5.74, 6) is 0.0704. The van der Waals surface area contributed by atoms with E-state index in [1.807, 2.05) is 87.6 Å². The third-order valence-electron chi connectivity index (χ3n) is 15.0. The molecule has 5 amide bonds. The first-order valence-corrected chi connectivity index (χ1v) is 27.2. The van der Waals surface area contributed by atoms with Crippen molar-refractivity contribution in [1.29, 1.82) is 0 Å². The highest BCUT2D eigenvalue weighted by molar-refractivity contribution is 6.06. The van der Waals surface area contributed by atoms with E-state index >= 15 is 0 Å². The number of esters is 1. The second-order valence-corrected chi connectivity index (χ2v) is 20.1. The molecule has 5 aromatic carbocycles. The molecule has 2 fully saturated rings. The predicted molar refractivity (Wildman–Crippen MR) is 299 cm³/mol. The maximum atomic E-state index is 14.6. The zero-order chi connectivity index (χ0) is 56.9. The smallest absolute Gasteiger partial charge is 0.329 e. The Morgan fingerprint density at radius 1 is 0.825 bits per heavy atom. The van der Waals surface area contributed by atoms with Crippen LogP contribution in [0.2, 0.25) is 0 Å². The molecule has 3 aliphatic rings. The number of fused-ring (bicyclic) bond motifs is 1. The number of nitrogens with zero attached hydrogens (tertiary/aromatic N) is 5. The highest BCUT2D eigenvalue weighted by Crippen LogP contribution is 2.39. The summed E-state index contributed by atoms with van der Waals surface area (Å²) in [5, 5.41) is 14.2. The lowest BCUT2D eigenvalue weighted by atomic mass is 9.91. The summed E-state index contributed by atoms with van der Waals surface area (Å²) < 4.78 is 35.0. The summed E-state index contributed by atoms with van der Waals surface area (Å²) in [5.41, 5.74) is 6.33. The highest BCUT2D eigenvalue weighted by Gasteiger charge is 2.41. The number of amides is 5. The number of methoxy groups -OCH3 is 4. The summed E-state index contributed by atoms with van der Waals surface area (Å²) >= 11 is 0. The Bertz CT molecular complexity index is 3090. The number of benzene rings is 5. The van der Waals surface area contributed by atoms with Crippen molar-refractivity contribution in [2.45, 2.75) is 102 Å². The lowest BCUT2D eigenvalue weighted by molar-refractivity contribution is -0.162. The Labute approximate surface area is 466 Å². The minimum atomic E-state index is -0.815. The molecule has 5 aromatic rings. The molecule has 0 aromatic heterocycles. The van der Waals surface area contributed by atoms with E-state index < -0.39 is 36.0 Å². The number of para-hydroxylation sites is 1. The molecule has 8 rings (SSSR count). The second kappa shape index (κ2) is 26.9. The Hall–Kier alpha value is -8.48. The van der Waals surface area contributed by atoms with Crippen molar-refractivity contribution in [3.8, 4) is 28.7 Å². The molecule has 80 heavy (non-hydrogen) atoms. The number of ether oxygens (including phenoxy) is 6. The van der Waals surface area contributed by atoms with E-state index in [2.05, 4.69) is 25.8 Å². The molecule has 3 aliphatic heterocycles. The molecule has 2 saturated heterocycles. The van der Waals surface area contributed by atoms with Crippen LogP contribution in [0.15, 0.2) is 107 Å². The van der Waals surface area contributed by atoms with E-state index in [4.69, 9.17) is 28.4 Å². The Morgan fingerprint density at radius 3 is 2.34 bits per heavy atom. The van der Waals surface area contributed by atoms with E-state index in [0.717, 1.165) is 35.2 Å². The first-order chi connectivity index (χ1) is 38.7. The number of hydrogen-bond acceptors (Lipinski definition) is 15. The number of carbonyl (C=O) groups excluding carboxylic acids is 6. The van der Waals surface area contributed by atoms with Gasteiger partial charge in [-0.05, 0) is 136 Å². The van der Waals surface area contributed by atoms with Gasteiger partial charge in [-0.1, -0.05) is 43.3 Å². The molecule has 19 heteroatoms. The van der Waals surface area contributed by atoms with Gasteiger partial charge in [0, 0.05) is 62.0 Å². The first-order valence-electron chi connectivity index (χ1n) is 27.2. The van der Waals surface area contributed by atoms with Gasteiger partial charge in [0.1, 0.15) is 23.9 Å². The van der Waals surface area contributed by atoms with E-state index in [0.29, 0.717) is 109 Å². The number of hydrogen-bond donors (Lipinski definition) is 2. The molecule has 2 N–H and O–H groups in total. The van der Waals surface area contributed by atoms with Crippen molar-refractivity contribution in [3.05, 3.63) is 130 Å². The minimum Gasteiger partial charge on any atom is -0.493 e. The Kier molecular flexibility index (Phi) is 19.4. The van der Waals surface area contributed by atoms with Gasteiger partial charge in [-0.2, -0.15) is 10.2 Å². The van der Waals surface area contributed by atoms with E-state index in [-0.39, 0.29) is 49.6 Å². The van der Waals surface area contributed by atoms with Crippen LogP contribution in [0.25, 0.3) is 0 Å². The summed E-state index contributed by atoms with van der Waals surface area (Å²) in [7, 11) is 8.26. The number of rotatable bonds is 24. The molecule has 0 spiro atoms. The monoisotopic (exact) mass is 1090 g/mol. The number of anilines is 1. The van der Waals surface area contributed by atoms with Crippen LogP contribution in [0, 0.1) is 6.92 Å². The third kappa shape index (κ3) is 13.5. The fourth-order valence-electron chi connectivity index (χ4n) is 10.7. The topological polar surface area (TPSA) is 216 Å². The Morgan fingerprint density at radius 2 is 1.60 bits per heavy atom. The van der Waals surface area contributed by atoms with Gasteiger partial charge >= 0.3 is 5.97 Å². The maximum Gasteiger partial charge on any atom is 0.329 e. The van der Waals surface area contributed by atoms with Gasteiger partial charge in [0.15, 0.2) is 29.6 Å².